The molecule has 1 fully saturated rings. The summed E-state index contributed by atoms with van der Waals surface area (Å²) in [7, 11) is -2.18. The summed E-state index contributed by atoms with van der Waals surface area (Å²) in [5.74, 6) is 0.00724. The highest BCUT2D eigenvalue weighted by Gasteiger charge is 2.45. The molecule has 0 amide bonds. The molecule has 15 heteroatoms. The largest absolute Gasteiger partial charge is 0.411 e. The Bertz CT molecular complexity index is 1490. The van der Waals surface area contributed by atoms with E-state index in [1.807, 2.05) is 18.4 Å². The molecule has 2 aromatic heterocycles. The number of halogens is 1. The SMILES string of the molecule is CC(C)CC(OCc1cn([C@H]2C[C@@H](O[Si](C)(C)C(C)(C)C)[C@@H](CO)O2)c2ncnc(Cl)c12)c1c([N+](=O)[O-])cccc1[N+](=O)[O-]. The number of rotatable bonds is 12. The summed E-state index contributed by atoms with van der Waals surface area (Å²) in [6, 6.07) is 3.78. The van der Waals surface area contributed by atoms with Crippen molar-refractivity contribution in [3.8, 4) is 0 Å². The number of nitrogens with zero attached hydrogens (tertiary/aromatic N) is 5. The average molecular weight is 650 g/mol. The van der Waals surface area contributed by atoms with E-state index in [2.05, 4.69) is 43.8 Å². The van der Waals surface area contributed by atoms with Gasteiger partial charge in [0.1, 0.15) is 35.0 Å². The normalized spacial score (nSPS) is 20.0. The highest BCUT2D eigenvalue weighted by atomic mass is 35.5. The Morgan fingerprint density at radius 1 is 1.18 bits per heavy atom. The molecule has 1 N–H and O–H groups in total. The van der Waals surface area contributed by atoms with Crippen LogP contribution in [0.2, 0.25) is 23.3 Å². The molecule has 1 aliphatic heterocycles. The molecule has 4 atom stereocenters. The summed E-state index contributed by atoms with van der Waals surface area (Å²) in [6.07, 6.45) is 1.50. The Morgan fingerprint density at radius 3 is 2.36 bits per heavy atom. The number of hydrogen-bond donors (Lipinski definition) is 1. The van der Waals surface area contributed by atoms with Gasteiger partial charge in [0.15, 0.2) is 8.32 Å². The molecule has 0 radical (unpaired) electrons. The van der Waals surface area contributed by atoms with Crippen molar-refractivity contribution < 1.29 is 28.9 Å². The number of aromatic nitrogens is 3. The molecule has 3 aromatic rings. The Kier molecular flexibility index (Phi) is 10.1. The van der Waals surface area contributed by atoms with Gasteiger partial charge in [-0.05, 0) is 36.5 Å². The minimum absolute atomic E-state index is 0.00724. The van der Waals surface area contributed by atoms with Crippen LogP contribution < -0.4 is 0 Å². The first-order chi connectivity index (χ1) is 20.6. The van der Waals surface area contributed by atoms with Crippen molar-refractivity contribution in [1.82, 2.24) is 14.5 Å². The summed E-state index contributed by atoms with van der Waals surface area (Å²) in [4.78, 5) is 31.1. The minimum atomic E-state index is -2.18. The van der Waals surface area contributed by atoms with Gasteiger partial charge in [0.2, 0.25) is 0 Å². The van der Waals surface area contributed by atoms with Gasteiger partial charge in [-0.1, -0.05) is 46.2 Å². The number of nitro groups is 2. The number of nitro benzene ring substituents is 2. The van der Waals surface area contributed by atoms with Gasteiger partial charge in [0, 0.05) is 30.3 Å². The average Bonchev–Trinajstić information content (AvgIpc) is 3.51. The van der Waals surface area contributed by atoms with Gasteiger partial charge in [-0.3, -0.25) is 20.2 Å². The first-order valence-electron chi connectivity index (χ1n) is 14.5. The summed E-state index contributed by atoms with van der Waals surface area (Å²) in [5, 5.41) is 34.6. The van der Waals surface area contributed by atoms with Crippen LogP contribution in [-0.2, 0) is 20.5 Å². The molecule has 0 spiro atoms. The van der Waals surface area contributed by atoms with Crippen LogP contribution in [0.5, 0.6) is 0 Å². The monoisotopic (exact) mass is 649 g/mol. The Balaban J connectivity index is 1.70. The number of benzene rings is 1. The lowest BCUT2D eigenvalue weighted by Gasteiger charge is -2.39. The highest BCUT2D eigenvalue weighted by molar-refractivity contribution is 6.74. The maximum atomic E-state index is 11.9. The predicted octanol–water partition coefficient (Wildman–Crippen LogP) is 6.88. The van der Waals surface area contributed by atoms with Crippen LogP contribution >= 0.6 is 11.6 Å². The van der Waals surface area contributed by atoms with E-state index in [0.717, 1.165) is 0 Å². The molecule has 44 heavy (non-hydrogen) atoms. The Labute approximate surface area is 261 Å². The van der Waals surface area contributed by atoms with Crippen molar-refractivity contribution in [3.63, 3.8) is 0 Å². The second kappa shape index (κ2) is 13.1. The fraction of sp³-hybridized carbons (Fsp3) is 0.586. The number of aliphatic hydroxyl groups is 1. The van der Waals surface area contributed by atoms with E-state index in [1.54, 1.807) is 6.20 Å². The van der Waals surface area contributed by atoms with Gasteiger partial charge < -0.3 is 23.6 Å². The van der Waals surface area contributed by atoms with Crippen molar-refractivity contribution in [1.29, 1.82) is 0 Å². The molecule has 13 nitrogen and oxygen atoms in total. The van der Waals surface area contributed by atoms with Gasteiger partial charge in [0.25, 0.3) is 11.4 Å². The fourth-order valence-corrected chi connectivity index (χ4v) is 6.85. The molecular weight excluding hydrogens is 610 g/mol. The molecule has 1 unspecified atom stereocenters. The zero-order chi connectivity index (χ0) is 32.6. The molecule has 0 bridgehead atoms. The molecule has 240 valence electrons. The summed E-state index contributed by atoms with van der Waals surface area (Å²) >= 11 is 6.56. The fourth-order valence-electron chi connectivity index (χ4n) is 5.24. The lowest BCUT2D eigenvalue weighted by molar-refractivity contribution is -0.396. The predicted molar refractivity (Wildman–Crippen MR) is 167 cm³/mol. The van der Waals surface area contributed by atoms with Crippen LogP contribution in [0, 0.1) is 26.1 Å². The third-order valence-electron chi connectivity index (χ3n) is 8.47. The van der Waals surface area contributed by atoms with E-state index >= 15 is 0 Å². The van der Waals surface area contributed by atoms with Crippen molar-refractivity contribution in [3.05, 3.63) is 67.2 Å². The Morgan fingerprint density at radius 2 is 1.82 bits per heavy atom. The second-order valence-corrected chi connectivity index (χ2v) is 18.2. The van der Waals surface area contributed by atoms with E-state index in [0.29, 0.717) is 29.4 Å². The van der Waals surface area contributed by atoms with Crippen molar-refractivity contribution in [2.75, 3.05) is 6.61 Å². The zero-order valence-electron chi connectivity index (χ0n) is 26.0. The first kappa shape index (κ1) is 33.9. The third-order valence-corrected chi connectivity index (χ3v) is 13.3. The molecular formula is C29H40ClN5O8Si. The van der Waals surface area contributed by atoms with Crippen LogP contribution in [0.25, 0.3) is 11.0 Å². The van der Waals surface area contributed by atoms with Crippen LogP contribution in [0.1, 0.15) is 70.9 Å². The summed E-state index contributed by atoms with van der Waals surface area (Å²) < 4.78 is 21.0. The molecule has 4 rings (SSSR count). The number of aliphatic hydroxyl groups excluding tert-OH is 1. The summed E-state index contributed by atoms with van der Waals surface area (Å²) in [5.41, 5.74) is 0.221. The number of ether oxygens (including phenoxy) is 2. The van der Waals surface area contributed by atoms with Gasteiger partial charge in [-0.15, -0.1) is 0 Å². The smallest absolute Gasteiger partial charge is 0.282 e. The van der Waals surface area contributed by atoms with Crippen molar-refractivity contribution in [2.24, 2.45) is 5.92 Å². The zero-order valence-corrected chi connectivity index (χ0v) is 27.8. The number of hydrogen-bond acceptors (Lipinski definition) is 10. The van der Waals surface area contributed by atoms with E-state index in [-0.39, 0.29) is 52.4 Å². The summed E-state index contributed by atoms with van der Waals surface area (Å²) in [6.45, 7) is 14.3. The van der Waals surface area contributed by atoms with E-state index < -0.39 is 36.6 Å². The van der Waals surface area contributed by atoms with E-state index in [9.17, 15) is 25.3 Å². The van der Waals surface area contributed by atoms with Crippen molar-refractivity contribution in [2.45, 2.75) is 96.7 Å². The quantitative estimate of drug-likeness (QED) is 0.0946. The topological polar surface area (TPSA) is 165 Å². The highest BCUT2D eigenvalue weighted by Crippen LogP contribution is 2.43. The molecule has 1 aromatic carbocycles. The van der Waals surface area contributed by atoms with Gasteiger partial charge in [0.05, 0.1) is 40.7 Å². The molecule has 0 aliphatic carbocycles. The molecule has 1 aliphatic rings. The van der Waals surface area contributed by atoms with Crippen LogP contribution in [0.3, 0.4) is 0 Å². The lowest BCUT2D eigenvalue weighted by atomic mass is 9.96. The molecule has 0 saturated carbocycles. The Hall–Kier alpha value is -3.01. The van der Waals surface area contributed by atoms with Crippen LogP contribution in [0.15, 0.2) is 30.7 Å². The van der Waals surface area contributed by atoms with E-state index in [1.165, 1.54) is 24.5 Å². The first-order valence-corrected chi connectivity index (χ1v) is 17.8. The molecule has 3 heterocycles. The van der Waals surface area contributed by atoms with Crippen LogP contribution in [0.4, 0.5) is 11.4 Å². The van der Waals surface area contributed by atoms with Crippen LogP contribution in [-0.4, -0.2) is 56.6 Å². The standard InChI is InChI=1S/C29H40ClN5O8Si/c1-17(2)11-22(26-19(34(37)38)9-8-10-20(26)35(39)40)41-15-18-13-33(28-25(18)27(30)31-16-32-28)24-12-21(23(14-36)42-24)43-44(6,7)29(3,4)5/h8-10,13,16-17,21-24,36H,11-12,14-15H2,1-7H3/t21-,22?,23-,24-/m1/s1. The second-order valence-electron chi connectivity index (χ2n) is 13.0. The van der Waals surface area contributed by atoms with E-state index in [4.69, 9.17) is 25.5 Å². The third kappa shape index (κ3) is 6.95. The minimum Gasteiger partial charge on any atom is -0.411 e. The van der Waals surface area contributed by atoms with Gasteiger partial charge >= 0.3 is 0 Å². The number of fused-ring (bicyclic) bond motifs is 1. The van der Waals surface area contributed by atoms with Gasteiger partial charge in [-0.2, -0.15) is 0 Å². The van der Waals surface area contributed by atoms with Gasteiger partial charge in [-0.25, -0.2) is 9.97 Å². The lowest BCUT2D eigenvalue weighted by Crippen LogP contribution is -2.46. The molecule has 1 saturated heterocycles. The maximum Gasteiger partial charge on any atom is 0.282 e. The maximum absolute atomic E-state index is 11.9. The van der Waals surface area contributed by atoms with Crippen molar-refractivity contribution >= 4 is 42.3 Å².